The third-order valence-electron chi connectivity index (χ3n) is 1.32. The van der Waals surface area contributed by atoms with Gasteiger partial charge in [0.05, 0.1) is 5.49 Å². The summed E-state index contributed by atoms with van der Waals surface area (Å²) < 4.78 is 0. The summed E-state index contributed by atoms with van der Waals surface area (Å²) >= 11 is 4.76. The minimum atomic E-state index is 1.12. The van der Waals surface area contributed by atoms with Crippen LogP contribution in [0.4, 0.5) is 5.69 Å². The Bertz CT molecular complexity index is 208. The number of nitrogens with zero attached hydrogens (tertiary/aromatic N) is 1. The zero-order chi connectivity index (χ0) is 7.40. The molecule has 1 aromatic rings. The molecule has 52 valence electrons. The first-order valence-corrected chi connectivity index (χ1v) is 3.55. The molecule has 1 rings (SSSR count). The Kier molecular flexibility index (Phi) is 2.40. The van der Waals surface area contributed by atoms with Crippen LogP contribution in [0.1, 0.15) is 0 Å². The van der Waals surface area contributed by atoms with E-state index in [0.717, 1.165) is 5.69 Å². The van der Waals surface area contributed by atoms with E-state index in [1.165, 1.54) is 0 Å². The number of para-hydroxylation sites is 1. The summed E-state index contributed by atoms with van der Waals surface area (Å²) in [4.78, 5) is 1.90. The summed E-state index contributed by atoms with van der Waals surface area (Å²) in [5, 5.41) is 0. The molecule has 0 aliphatic rings. The first kappa shape index (κ1) is 7.22. The molecule has 0 aromatic heterocycles. The Balaban J connectivity index is 2.84. The van der Waals surface area contributed by atoms with E-state index < -0.39 is 0 Å². The fourth-order valence-electron chi connectivity index (χ4n) is 0.724. The van der Waals surface area contributed by atoms with Crippen molar-refractivity contribution in [2.75, 3.05) is 11.9 Å². The van der Waals surface area contributed by atoms with E-state index in [0.29, 0.717) is 0 Å². The lowest BCUT2D eigenvalue weighted by Gasteiger charge is -2.10. The summed E-state index contributed by atoms with van der Waals surface area (Å²) in [6, 6.07) is 10.0. The second-order valence-electron chi connectivity index (χ2n) is 2.05. The fourth-order valence-corrected chi connectivity index (χ4v) is 0.846. The van der Waals surface area contributed by atoms with Crippen LogP contribution in [-0.4, -0.2) is 12.5 Å². The van der Waals surface area contributed by atoms with Crippen molar-refractivity contribution in [1.82, 2.24) is 0 Å². The maximum absolute atomic E-state index is 4.76. The first-order chi connectivity index (χ1) is 4.84. The van der Waals surface area contributed by atoms with E-state index >= 15 is 0 Å². The van der Waals surface area contributed by atoms with Gasteiger partial charge in [-0.2, -0.15) is 0 Å². The lowest BCUT2D eigenvalue weighted by Crippen LogP contribution is -2.11. The van der Waals surface area contributed by atoms with Crippen molar-refractivity contribution < 1.29 is 0 Å². The highest BCUT2D eigenvalue weighted by atomic mass is 32.1. The molecule has 0 heterocycles. The predicted molar refractivity (Wildman–Crippen MR) is 48.5 cm³/mol. The van der Waals surface area contributed by atoms with Crippen molar-refractivity contribution >= 4 is 23.4 Å². The average Bonchev–Trinajstić information content (AvgIpc) is 2.05. The van der Waals surface area contributed by atoms with Crippen LogP contribution in [0, 0.1) is 0 Å². The standard InChI is InChI=1S/C8H9NS/c1-9(7-10)8-5-3-2-4-6-8/h2-7H,1H3. The van der Waals surface area contributed by atoms with Crippen molar-refractivity contribution in [3.63, 3.8) is 0 Å². The molecule has 0 spiro atoms. The summed E-state index contributed by atoms with van der Waals surface area (Å²) in [6.45, 7) is 0. The van der Waals surface area contributed by atoms with Crippen molar-refractivity contribution in [3.05, 3.63) is 30.3 Å². The molecule has 0 saturated carbocycles. The first-order valence-electron chi connectivity index (χ1n) is 3.08. The van der Waals surface area contributed by atoms with Gasteiger partial charge >= 0.3 is 0 Å². The number of hydrogen-bond donors (Lipinski definition) is 0. The van der Waals surface area contributed by atoms with E-state index in [1.54, 1.807) is 5.49 Å². The van der Waals surface area contributed by atoms with Crippen LogP contribution in [0.15, 0.2) is 30.3 Å². The van der Waals surface area contributed by atoms with E-state index in [1.807, 2.05) is 42.3 Å². The summed E-state index contributed by atoms with van der Waals surface area (Å²) in [6.07, 6.45) is 0. The third kappa shape index (κ3) is 1.54. The number of anilines is 1. The highest BCUT2D eigenvalue weighted by Gasteiger charge is 1.91. The Morgan fingerprint density at radius 1 is 1.30 bits per heavy atom. The highest BCUT2D eigenvalue weighted by Crippen LogP contribution is 2.08. The quantitative estimate of drug-likeness (QED) is 0.595. The van der Waals surface area contributed by atoms with E-state index in [4.69, 9.17) is 12.2 Å². The van der Waals surface area contributed by atoms with Crippen molar-refractivity contribution in [2.45, 2.75) is 0 Å². The van der Waals surface area contributed by atoms with Gasteiger partial charge < -0.3 is 4.90 Å². The molecule has 0 saturated heterocycles. The lowest BCUT2D eigenvalue weighted by molar-refractivity contribution is 1.32. The van der Waals surface area contributed by atoms with Gasteiger partial charge in [-0.15, -0.1) is 0 Å². The minimum Gasteiger partial charge on any atom is -0.342 e. The van der Waals surface area contributed by atoms with Gasteiger partial charge in [0.25, 0.3) is 0 Å². The van der Waals surface area contributed by atoms with Crippen molar-refractivity contribution in [2.24, 2.45) is 0 Å². The maximum atomic E-state index is 4.76. The highest BCUT2D eigenvalue weighted by molar-refractivity contribution is 7.79. The molecule has 0 aliphatic carbocycles. The molecule has 0 fully saturated rings. The van der Waals surface area contributed by atoms with Gasteiger partial charge in [0.15, 0.2) is 0 Å². The second kappa shape index (κ2) is 3.32. The topological polar surface area (TPSA) is 3.24 Å². The Labute approximate surface area is 66.3 Å². The van der Waals surface area contributed by atoms with Gasteiger partial charge in [-0.25, -0.2) is 0 Å². The molecular formula is C8H9NS. The van der Waals surface area contributed by atoms with Crippen LogP contribution in [0.3, 0.4) is 0 Å². The molecule has 1 aromatic carbocycles. The molecule has 0 amide bonds. The maximum Gasteiger partial charge on any atom is 0.0682 e. The van der Waals surface area contributed by atoms with Gasteiger partial charge in [0.1, 0.15) is 0 Å². The predicted octanol–water partition coefficient (Wildman–Crippen LogP) is 2.08. The molecule has 0 atom stereocenters. The second-order valence-corrected chi connectivity index (χ2v) is 2.26. The van der Waals surface area contributed by atoms with E-state index in [2.05, 4.69) is 0 Å². The summed E-state index contributed by atoms with van der Waals surface area (Å²) in [5.41, 5.74) is 2.74. The summed E-state index contributed by atoms with van der Waals surface area (Å²) in [5.74, 6) is 0. The Morgan fingerprint density at radius 2 is 1.90 bits per heavy atom. The monoisotopic (exact) mass is 151 g/mol. The van der Waals surface area contributed by atoms with E-state index in [9.17, 15) is 0 Å². The van der Waals surface area contributed by atoms with Gasteiger partial charge in [-0.3, -0.25) is 0 Å². The van der Waals surface area contributed by atoms with Gasteiger partial charge in [-0.1, -0.05) is 30.4 Å². The van der Waals surface area contributed by atoms with Crippen LogP contribution >= 0.6 is 12.2 Å². The zero-order valence-corrected chi connectivity index (χ0v) is 6.64. The third-order valence-corrected chi connectivity index (χ3v) is 1.64. The van der Waals surface area contributed by atoms with Crippen molar-refractivity contribution in [3.8, 4) is 0 Å². The molecule has 0 aliphatic heterocycles. The van der Waals surface area contributed by atoms with Gasteiger partial charge in [-0.05, 0) is 12.1 Å². The fraction of sp³-hybridized carbons (Fsp3) is 0.125. The lowest BCUT2D eigenvalue weighted by atomic mass is 10.3. The van der Waals surface area contributed by atoms with Crippen LogP contribution in [0.2, 0.25) is 0 Å². The molecule has 10 heavy (non-hydrogen) atoms. The molecule has 0 N–H and O–H groups in total. The largest absolute Gasteiger partial charge is 0.342 e. The van der Waals surface area contributed by atoms with E-state index in [-0.39, 0.29) is 0 Å². The SMILES string of the molecule is CN(C=S)c1ccccc1. The molecule has 1 nitrogen and oxygen atoms in total. The van der Waals surface area contributed by atoms with Gasteiger partial charge in [0, 0.05) is 12.7 Å². The van der Waals surface area contributed by atoms with Crippen LogP contribution < -0.4 is 4.90 Å². The number of thiocarbonyl (C=S) groups is 1. The van der Waals surface area contributed by atoms with Crippen molar-refractivity contribution in [1.29, 1.82) is 0 Å². The summed E-state index contributed by atoms with van der Waals surface area (Å²) in [7, 11) is 1.93. The van der Waals surface area contributed by atoms with Crippen LogP contribution in [-0.2, 0) is 0 Å². The minimum absolute atomic E-state index is 1.12. The van der Waals surface area contributed by atoms with Crippen LogP contribution in [0.25, 0.3) is 0 Å². The van der Waals surface area contributed by atoms with Gasteiger partial charge in [0.2, 0.25) is 0 Å². The number of rotatable bonds is 2. The molecule has 0 radical (unpaired) electrons. The number of benzene rings is 1. The molecular weight excluding hydrogens is 142 g/mol. The Hall–Kier alpha value is -0.890. The Morgan fingerprint density at radius 3 is 2.40 bits per heavy atom. The smallest absolute Gasteiger partial charge is 0.0682 e. The number of hydrogen-bond acceptors (Lipinski definition) is 1. The average molecular weight is 151 g/mol. The molecule has 0 bridgehead atoms. The van der Waals surface area contributed by atoms with Crippen LogP contribution in [0.5, 0.6) is 0 Å². The zero-order valence-electron chi connectivity index (χ0n) is 5.82. The molecule has 2 heteroatoms. The normalized spacial score (nSPS) is 8.90. The molecule has 0 unspecified atom stereocenters.